The zero-order valence-electron chi connectivity index (χ0n) is 19.6. The lowest BCUT2D eigenvalue weighted by molar-refractivity contribution is -0.116. The van der Waals surface area contributed by atoms with Crippen LogP contribution in [0.3, 0.4) is 0 Å². The van der Waals surface area contributed by atoms with Crippen molar-refractivity contribution in [2.45, 2.75) is 26.2 Å². The number of unbranched alkanes of at least 4 members (excludes halogenated alkanes) is 1. The van der Waals surface area contributed by atoms with Crippen molar-refractivity contribution in [1.29, 1.82) is 0 Å². The van der Waals surface area contributed by atoms with Gasteiger partial charge in [-0.1, -0.05) is 19.4 Å². The van der Waals surface area contributed by atoms with Gasteiger partial charge in [0.1, 0.15) is 5.69 Å². The van der Waals surface area contributed by atoms with Crippen LogP contribution in [0.15, 0.2) is 65.7 Å². The molecule has 0 unspecified atom stereocenters. The third-order valence-electron chi connectivity index (χ3n) is 6.12. The van der Waals surface area contributed by atoms with Crippen molar-refractivity contribution in [3.63, 3.8) is 0 Å². The molecule has 0 fully saturated rings. The molecule has 6 rings (SSSR count). The third kappa shape index (κ3) is 4.14. The summed E-state index contributed by atoms with van der Waals surface area (Å²) in [4.78, 5) is 29.2. The van der Waals surface area contributed by atoms with Crippen LogP contribution in [-0.2, 0) is 4.79 Å². The van der Waals surface area contributed by atoms with Crippen LogP contribution in [0.4, 0.5) is 5.69 Å². The fourth-order valence-corrected chi connectivity index (χ4v) is 4.94. The van der Waals surface area contributed by atoms with Gasteiger partial charge in [0.2, 0.25) is 5.91 Å². The molecule has 178 valence electrons. The molecule has 0 bridgehead atoms. The Hall–Kier alpha value is -4.37. The number of imidazole rings is 1. The average molecular weight is 494 g/mol. The average Bonchev–Trinajstić information content (AvgIpc) is 3.66. The predicted molar refractivity (Wildman–Crippen MR) is 144 cm³/mol. The van der Waals surface area contributed by atoms with Gasteiger partial charge in [0.25, 0.3) is 0 Å². The largest absolute Gasteiger partial charge is 0.335 e. The van der Waals surface area contributed by atoms with Gasteiger partial charge >= 0.3 is 0 Å². The van der Waals surface area contributed by atoms with Crippen LogP contribution in [0, 0.1) is 0 Å². The Morgan fingerprint density at radius 1 is 1.08 bits per heavy atom. The second-order valence-electron chi connectivity index (χ2n) is 8.60. The van der Waals surface area contributed by atoms with Gasteiger partial charge in [0.15, 0.2) is 11.5 Å². The molecular weight excluding hydrogens is 470 g/mol. The van der Waals surface area contributed by atoms with E-state index in [2.05, 4.69) is 60.3 Å². The first-order valence-corrected chi connectivity index (χ1v) is 12.7. The zero-order valence-corrected chi connectivity index (χ0v) is 20.4. The molecule has 0 aliphatic rings. The van der Waals surface area contributed by atoms with Crippen molar-refractivity contribution < 1.29 is 4.79 Å². The molecule has 0 spiro atoms. The molecule has 3 N–H and O–H groups in total. The van der Waals surface area contributed by atoms with Crippen LogP contribution in [0.25, 0.3) is 55.8 Å². The van der Waals surface area contributed by atoms with Crippen LogP contribution in [-0.4, -0.2) is 36.0 Å². The van der Waals surface area contributed by atoms with Gasteiger partial charge in [-0.25, -0.2) is 9.97 Å². The molecule has 6 aromatic rings. The van der Waals surface area contributed by atoms with Crippen molar-refractivity contribution in [3.05, 3.63) is 65.7 Å². The summed E-state index contributed by atoms with van der Waals surface area (Å²) in [6.07, 6.45) is 7.59. The molecule has 0 saturated carbocycles. The molecular formula is C27H23N7OS. The molecule has 5 aromatic heterocycles. The highest BCUT2D eigenvalue weighted by Gasteiger charge is 2.16. The summed E-state index contributed by atoms with van der Waals surface area (Å²) in [5, 5.41) is 15.7. The van der Waals surface area contributed by atoms with Crippen LogP contribution in [0.5, 0.6) is 0 Å². The van der Waals surface area contributed by atoms with E-state index in [9.17, 15) is 4.79 Å². The summed E-state index contributed by atoms with van der Waals surface area (Å²) in [6.45, 7) is 2.07. The smallest absolute Gasteiger partial charge is 0.224 e. The number of aromatic amines is 2. The first-order chi connectivity index (χ1) is 17.7. The molecule has 9 heteroatoms. The number of hydrogen-bond donors (Lipinski definition) is 3. The van der Waals surface area contributed by atoms with E-state index < -0.39 is 0 Å². The molecule has 5 heterocycles. The van der Waals surface area contributed by atoms with Crippen molar-refractivity contribution in [2.24, 2.45) is 0 Å². The number of nitrogens with zero attached hydrogens (tertiary/aromatic N) is 4. The molecule has 0 aliphatic heterocycles. The number of benzene rings is 1. The minimum atomic E-state index is 0.00342. The molecule has 0 aliphatic carbocycles. The first kappa shape index (κ1) is 22.1. The monoisotopic (exact) mass is 493 g/mol. The van der Waals surface area contributed by atoms with E-state index in [0.717, 1.165) is 57.2 Å². The van der Waals surface area contributed by atoms with E-state index >= 15 is 0 Å². The van der Waals surface area contributed by atoms with Gasteiger partial charge in [0, 0.05) is 35.3 Å². The Bertz CT molecular complexity index is 1680. The highest BCUT2D eigenvalue weighted by Crippen LogP contribution is 2.33. The van der Waals surface area contributed by atoms with Gasteiger partial charge in [-0.15, -0.1) is 0 Å². The zero-order chi connectivity index (χ0) is 24.5. The number of hydrogen-bond acceptors (Lipinski definition) is 6. The number of pyridine rings is 2. The van der Waals surface area contributed by atoms with E-state index in [1.165, 1.54) is 0 Å². The molecule has 0 radical (unpaired) electrons. The molecule has 1 amide bonds. The van der Waals surface area contributed by atoms with Gasteiger partial charge in [-0.05, 0) is 58.6 Å². The summed E-state index contributed by atoms with van der Waals surface area (Å²) in [5.41, 5.74) is 7.90. The molecule has 0 saturated heterocycles. The van der Waals surface area contributed by atoms with Crippen molar-refractivity contribution in [3.8, 4) is 33.8 Å². The Labute approximate surface area is 210 Å². The minimum absolute atomic E-state index is 0.00342. The minimum Gasteiger partial charge on any atom is -0.335 e. The maximum Gasteiger partial charge on any atom is 0.224 e. The van der Waals surface area contributed by atoms with Crippen LogP contribution in [0.2, 0.25) is 0 Å². The second-order valence-corrected chi connectivity index (χ2v) is 9.38. The van der Waals surface area contributed by atoms with E-state index in [0.29, 0.717) is 23.6 Å². The molecule has 36 heavy (non-hydrogen) atoms. The quantitative estimate of drug-likeness (QED) is 0.237. The summed E-state index contributed by atoms with van der Waals surface area (Å²) >= 11 is 1.66. The maximum atomic E-state index is 12.2. The van der Waals surface area contributed by atoms with Gasteiger partial charge < -0.3 is 10.3 Å². The van der Waals surface area contributed by atoms with Crippen molar-refractivity contribution in [1.82, 2.24) is 30.1 Å². The Morgan fingerprint density at radius 3 is 2.89 bits per heavy atom. The third-order valence-corrected chi connectivity index (χ3v) is 6.81. The lowest BCUT2D eigenvalue weighted by atomic mass is 10.0. The normalized spacial score (nSPS) is 11.4. The fourth-order valence-electron chi connectivity index (χ4n) is 4.28. The first-order valence-electron chi connectivity index (χ1n) is 11.8. The highest BCUT2D eigenvalue weighted by atomic mass is 32.1. The lowest BCUT2D eigenvalue weighted by Gasteiger charge is -2.07. The van der Waals surface area contributed by atoms with E-state index in [-0.39, 0.29) is 5.91 Å². The summed E-state index contributed by atoms with van der Waals surface area (Å²) < 4.78 is 0. The predicted octanol–water partition coefficient (Wildman–Crippen LogP) is 6.42. The van der Waals surface area contributed by atoms with E-state index in [1.807, 2.05) is 24.3 Å². The number of aromatic nitrogens is 6. The Balaban J connectivity index is 1.37. The number of H-pyrrole nitrogens is 2. The second kappa shape index (κ2) is 9.35. The molecule has 1 aromatic carbocycles. The SMILES string of the molecule is CCCCC(=O)Nc1cncc(-c2ccc3[nH]nc(-c4nc5nccc(-c6ccsc6)c5[nH]4)c3c2)c1. The van der Waals surface area contributed by atoms with E-state index in [1.54, 1.807) is 29.9 Å². The van der Waals surface area contributed by atoms with Crippen molar-refractivity contribution in [2.75, 3.05) is 5.32 Å². The number of carbonyl (C=O) groups is 1. The standard InChI is InChI=1S/C27H23N7OS/c1-2-3-4-23(35)30-19-11-18(13-28-14-19)16-5-6-22-21(12-16)25(34-33-22)27-31-24-20(17-8-10-36-15-17)7-9-29-26(24)32-27/h5-15H,2-4H2,1H3,(H,30,35)(H,33,34)(H,29,31,32). The van der Waals surface area contributed by atoms with Gasteiger partial charge in [0.05, 0.1) is 22.9 Å². The number of fused-ring (bicyclic) bond motifs is 2. The van der Waals surface area contributed by atoms with Gasteiger partial charge in [-0.2, -0.15) is 16.4 Å². The molecule has 8 nitrogen and oxygen atoms in total. The maximum absolute atomic E-state index is 12.2. The molecule has 0 atom stereocenters. The highest BCUT2D eigenvalue weighted by molar-refractivity contribution is 7.08. The van der Waals surface area contributed by atoms with Gasteiger partial charge in [-0.3, -0.25) is 14.9 Å². The van der Waals surface area contributed by atoms with Crippen LogP contribution >= 0.6 is 11.3 Å². The van der Waals surface area contributed by atoms with E-state index in [4.69, 9.17) is 4.98 Å². The van der Waals surface area contributed by atoms with Crippen LogP contribution in [0.1, 0.15) is 26.2 Å². The lowest BCUT2D eigenvalue weighted by Crippen LogP contribution is -2.11. The number of anilines is 1. The summed E-state index contributed by atoms with van der Waals surface area (Å²) in [6, 6.07) is 12.1. The van der Waals surface area contributed by atoms with Crippen LogP contribution < -0.4 is 5.32 Å². The topological polar surface area (TPSA) is 112 Å². The Kier molecular flexibility index (Phi) is 5.74. The number of thiophene rings is 1. The summed E-state index contributed by atoms with van der Waals surface area (Å²) in [5.74, 6) is 0.655. The number of nitrogens with one attached hydrogen (secondary N) is 3. The fraction of sp³-hybridized carbons (Fsp3) is 0.148. The Morgan fingerprint density at radius 2 is 2.03 bits per heavy atom. The number of rotatable bonds is 7. The summed E-state index contributed by atoms with van der Waals surface area (Å²) in [7, 11) is 0. The van der Waals surface area contributed by atoms with Crippen molar-refractivity contribution >= 4 is 45.0 Å². The number of carbonyl (C=O) groups excluding carboxylic acids is 1. The number of amides is 1.